The molecule has 226 valence electrons. The molecule has 1 aromatic carbocycles. The number of nitrogens with zero attached hydrogens (tertiary/aromatic N) is 5. The summed E-state index contributed by atoms with van der Waals surface area (Å²) in [7, 11) is 0.508. The van der Waals surface area contributed by atoms with Crippen LogP contribution in [0.15, 0.2) is 29.2 Å². The lowest BCUT2D eigenvalue weighted by molar-refractivity contribution is 0.221. The quantitative estimate of drug-likeness (QED) is 0.380. The molecule has 0 spiro atoms. The second-order valence-corrected chi connectivity index (χ2v) is 14.7. The molecule has 0 amide bonds. The van der Waals surface area contributed by atoms with Gasteiger partial charge in [0, 0.05) is 23.7 Å². The van der Waals surface area contributed by atoms with E-state index in [1.807, 2.05) is 13.8 Å². The molecule has 2 bridgehead atoms. The fraction of sp³-hybridized carbons (Fsp3) is 0.600. The highest BCUT2D eigenvalue weighted by molar-refractivity contribution is 7.93. The first-order chi connectivity index (χ1) is 20.0. The number of benzene rings is 1. The van der Waals surface area contributed by atoms with Gasteiger partial charge in [0.15, 0.2) is 5.65 Å². The standard InChI is InChI=1S/C30H40FN7O3S/c1-17(2)38-28-25(16-32-30(35-28)33-21-8-10-22(11-9-21)37(3)4)34-27(29(38)39)20-7-12-24(23(31)15-20)36-42(40,41)26-14-18-5-6-19(26)13-18/h7,12,15-19,21-22,26,36H,5-6,8-11,13-14H2,1-4H3,(H,32,33,35)/t18-,19?,21-,22-,26?/m0/s1. The molecule has 0 saturated heterocycles. The van der Waals surface area contributed by atoms with Crippen LogP contribution in [0.25, 0.3) is 22.4 Å². The molecule has 2 N–H and O–H groups in total. The van der Waals surface area contributed by atoms with Crippen molar-refractivity contribution in [3.63, 3.8) is 0 Å². The van der Waals surface area contributed by atoms with Crippen LogP contribution in [0.3, 0.4) is 0 Å². The summed E-state index contributed by atoms with van der Waals surface area (Å²) in [6, 6.07) is 4.67. The van der Waals surface area contributed by atoms with E-state index < -0.39 is 26.6 Å². The van der Waals surface area contributed by atoms with Gasteiger partial charge in [-0.25, -0.2) is 22.8 Å². The van der Waals surface area contributed by atoms with Crippen molar-refractivity contribution in [1.82, 2.24) is 24.4 Å². The molecular weight excluding hydrogens is 557 g/mol. The van der Waals surface area contributed by atoms with Gasteiger partial charge in [-0.3, -0.25) is 14.1 Å². The Morgan fingerprint density at radius 2 is 1.81 bits per heavy atom. The van der Waals surface area contributed by atoms with Crippen LogP contribution in [0.4, 0.5) is 16.0 Å². The van der Waals surface area contributed by atoms with Crippen LogP contribution in [0.5, 0.6) is 0 Å². The summed E-state index contributed by atoms with van der Waals surface area (Å²) in [6.07, 6.45) is 9.35. The van der Waals surface area contributed by atoms with E-state index in [2.05, 4.69) is 44.0 Å². The first-order valence-electron chi connectivity index (χ1n) is 15.0. The van der Waals surface area contributed by atoms with Crippen molar-refractivity contribution in [1.29, 1.82) is 0 Å². The highest BCUT2D eigenvalue weighted by Crippen LogP contribution is 2.47. The van der Waals surface area contributed by atoms with Crippen molar-refractivity contribution in [3.8, 4) is 11.3 Å². The Morgan fingerprint density at radius 3 is 2.43 bits per heavy atom. The molecule has 10 nitrogen and oxygen atoms in total. The van der Waals surface area contributed by atoms with Gasteiger partial charge in [-0.2, -0.15) is 4.98 Å². The molecule has 42 heavy (non-hydrogen) atoms. The molecular formula is C30H40FN7O3S. The zero-order valence-electron chi connectivity index (χ0n) is 24.7. The first-order valence-corrected chi connectivity index (χ1v) is 16.6. The van der Waals surface area contributed by atoms with Gasteiger partial charge in [0.2, 0.25) is 16.0 Å². The second-order valence-electron chi connectivity index (χ2n) is 12.8. The van der Waals surface area contributed by atoms with Gasteiger partial charge in [-0.1, -0.05) is 12.5 Å². The minimum Gasteiger partial charge on any atom is -0.351 e. The maximum atomic E-state index is 15.3. The molecule has 12 heteroatoms. The molecule has 0 aliphatic heterocycles. The highest BCUT2D eigenvalue weighted by atomic mass is 32.2. The van der Waals surface area contributed by atoms with E-state index in [1.54, 1.807) is 10.8 Å². The average molecular weight is 598 g/mol. The number of hydrogen-bond donors (Lipinski definition) is 2. The van der Waals surface area contributed by atoms with E-state index in [-0.39, 0.29) is 34.9 Å². The summed E-state index contributed by atoms with van der Waals surface area (Å²) in [6.45, 7) is 3.77. The molecule has 3 fully saturated rings. The van der Waals surface area contributed by atoms with E-state index in [0.717, 1.165) is 44.9 Å². The zero-order chi connectivity index (χ0) is 29.8. The van der Waals surface area contributed by atoms with Crippen molar-refractivity contribution in [2.24, 2.45) is 11.8 Å². The fourth-order valence-corrected chi connectivity index (χ4v) is 9.10. The van der Waals surface area contributed by atoms with Crippen LogP contribution < -0.4 is 15.6 Å². The molecule has 2 unspecified atom stereocenters. The number of sulfonamides is 1. The third kappa shape index (κ3) is 5.50. The Labute approximate surface area is 246 Å². The summed E-state index contributed by atoms with van der Waals surface area (Å²) >= 11 is 0. The lowest BCUT2D eigenvalue weighted by atomic mass is 9.91. The number of anilines is 2. The van der Waals surface area contributed by atoms with Crippen molar-refractivity contribution >= 4 is 32.8 Å². The number of hydrogen-bond acceptors (Lipinski definition) is 8. The lowest BCUT2D eigenvalue weighted by Crippen LogP contribution is -2.36. The molecule has 2 heterocycles. The summed E-state index contributed by atoms with van der Waals surface area (Å²) in [5.74, 6) is 0.292. The van der Waals surface area contributed by atoms with Crippen molar-refractivity contribution in [3.05, 3.63) is 40.6 Å². The van der Waals surface area contributed by atoms with Gasteiger partial charge in [0.1, 0.15) is 17.0 Å². The normalized spacial score (nSPS) is 25.9. The maximum Gasteiger partial charge on any atom is 0.278 e. The van der Waals surface area contributed by atoms with E-state index in [4.69, 9.17) is 0 Å². The van der Waals surface area contributed by atoms with E-state index in [0.29, 0.717) is 35.5 Å². The van der Waals surface area contributed by atoms with Crippen LogP contribution in [-0.4, -0.2) is 64.3 Å². The number of aromatic nitrogens is 4. The minimum absolute atomic E-state index is 0.0592. The van der Waals surface area contributed by atoms with Crippen molar-refractivity contribution in [2.75, 3.05) is 24.1 Å². The van der Waals surface area contributed by atoms with Gasteiger partial charge in [0.05, 0.1) is 17.1 Å². The van der Waals surface area contributed by atoms with Crippen LogP contribution in [0, 0.1) is 17.7 Å². The predicted octanol–water partition coefficient (Wildman–Crippen LogP) is 4.79. The molecule has 3 aliphatic carbocycles. The third-order valence-corrected chi connectivity index (χ3v) is 11.4. The van der Waals surface area contributed by atoms with Crippen molar-refractivity contribution < 1.29 is 12.8 Å². The summed E-state index contributed by atoms with van der Waals surface area (Å²) in [4.78, 5) is 29.7. The maximum absolute atomic E-state index is 15.3. The molecule has 3 aliphatic rings. The molecule has 0 radical (unpaired) electrons. The Balaban J connectivity index is 1.26. The van der Waals surface area contributed by atoms with Crippen molar-refractivity contribution in [2.45, 2.75) is 88.6 Å². The van der Waals surface area contributed by atoms with E-state index in [9.17, 15) is 13.2 Å². The molecule has 6 rings (SSSR count). The lowest BCUT2D eigenvalue weighted by Gasteiger charge is -2.32. The van der Waals surface area contributed by atoms with Crippen LogP contribution in [0.1, 0.15) is 71.3 Å². The van der Waals surface area contributed by atoms with Gasteiger partial charge in [0.25, 0.3) is 5.56 Å². The van der Waals surface area contributed by atoms with Gasteiger partial charge in [-0.05, 0) is 96.9 Å². The Morgan fingerprint density at radius 1 is 1.05 bits per heavy atom. The topological polar surface area (TPSA) is 122 Å². The molecule has 3 saturated carbocycles. The van der Waals surface area contributed by atoms with Gasteiger partial charge >= 0.3 is 0 Å². The highest BCUT2D eigenvalue weighted by Gasteiger charge is 2.46. The van der Waals surface area contributed by atoms with Crippen LogP contribution >= 0.6 is 0 Å². The molecule has 2 aromatic heterocycles. The molecule has 3 aromatic rings. The Kier molecular flexibility index (Phi) is 7.71. The number of nitrogens with one attached hydrogen (secondary N) is 2. The minimum atomic E-state index is -3.72. The Bertz CT molecular complexity index is 1650. The average Bonchev–Trinajstić information content (AvgIpc) is 3.59. The number of halogens is 1. The van der Waals surface area contributed by atoms with E-state index in [1.165, 1.54) is 18.2 Å². The smallest absolute Gasteiger partial charge is 0.278 e. The summed E-state index contributed by atoms with van der Waals surface area (Å²) in [5.41, 5.74) is 0.629. The monoisotopic (exact) mass is 597 g/mol. The van der Waals surface area contributed by atoms with Crippen LogP contribution in [-0.2, 0) is 10.0 Å². The number of fused-ring (bicyclic) bond motifs is 3. The summed E-state index contributed by atoms with van der Waals surface area (Å²) in [5, 5.41) is 2.95. The summed E-state index contributed by atoms with van der Waals surface area (Å²) < 4.78 is 45.4. The largest absolute Gasteiger partial charge is 0.351 e. The van der Waals surface area contributed by atoms with E-state index >= 15 is 4.39 Å². The van der Waals surface area contributed by atoms with Gasteiger partial charge in [-0.15, -0.1) is 0 Å². The predicted molar refractivity (Wildman–Crippen MR) is 163 cm³/mol. The van der Waals surface area contributed by atoms with Crippen LogP contribution in [0.2, 0.25) is 0 Å². The Hall–Kier alpha value is -3.12. The number of rotatable bonds is 8. The fourth-order valence-electron chi connectivity index (χ4n) is 7.20. The SMILES string of the molecule is CC(C)n1c(=O)c(-c2ccc(NS(=O)(=O)C3C[C@H]4CCC3C4)c(F)c2)nc2cnc(N[C@H]3CC[C@H](N(C)C)CC3)nc21. The molecule has 3 atom stereocenters. The van der Waals surface area contributed by atoms with Gasteiger partial charge < -0.3 is 10.2 Å². The second kappa shape index (κ2) is 11.2. The third-order valence-electron chi connectivity index (χ3n) is 9.47. The zero-order valence-corrected chi connectivity index (χ0v) is 25.5. The first kappa shape index (κ1) is 29.0.